The Morgan fingerprint density at radius 3 is 2.69 bits per heavy atom. The first-order valence-electron chi connectivity index (χ1n) is 5.15. The quantitative estimate of drug-likeness (QED) is 0.796. The fourth-order valence-electron chi connectivity index (χ4n) is 1.34. The van der Waals surface area contributed by atoms with Crippen LogP contribution in [0.15, 0.2) is 22.8 Å². The van der Waals surface area contributed by atoms with Gasteiger partial charge in [-0.25, -0.2) is 0 Å². The highest BCUT2D eigenvalue weighted by atomic mass is 16.4. The van der Waals surface area contributed by atoms with Gasteiger partial charge in [0.1, 0.15) is 5.76 Å². The fourth-order valence-corrected chi connectivity index (χ4v) is 1.34. The minimum absolute atomic E-state index is 0.0316. The Hall–Kier alpha value is -1.78. The molecule has 0 unspecified atom stereocenters. The highest BCUT2D eigenvalue weighted by Crippen LogP contribution is 2.07. The molecular formula is C11H15NO4. The van der Waals surface area contributed by atoms with Gasteiger partial charge in [-0.05, 0) is 19.1 Å². The molecule has 0 spiro atoms. The van der Waals surface area contributed by atoms with Crippen molar-refractivity contribution >= 4 is 11.9 Å². The minimum atomic E-state index is -0.956. The maximum atomic E-state index is 11.6. The zero-order valence-corrected chi connectivity index (χ0v) is 9.18. The lowest BCUT2D eigenvalue weighted by Gasteiger charge is -2.19. The topological polar surface area (TPSA) is 70.8 Å². The van der Waals surface area contributed by atoms with Gasteiger partial charge in [0.25, 0.3) is 0 Å². The summed E-state index contributed by atoms with van der Waals surface area (Å²) in [5.74, 6) is -0.422. The van der Waals surface area contributed by atoms with Crippen LogP contribution < -0.4 is 0 Å². The number of carbonyl (C=O) groups is 2. The van der Waals surface area contributed by atoms with E-state index >= 15 is 0 Å². The van der Waals surface area contributed by atoms with E-state index < -0.39 is 5.97 Å². The van der Waals surface area contributed by atoms with Crippen molar-refractivity contribution in [2.45, 2.75) is 26.3 Å². The lowest BCUT2D eigenvalue weighted by Crippen LogP contribution is -2.30. The average molecular weight is 225 g/mol. The molecule has 0 atom stereocenters. The Bertz CT molecular complexity index is 345. The molecule has 16 heavy (non-hydrogen) atoms. The summed E-state index contributed by atoms with van der Waals surface area (Å²) in [5, 5.41) is 8.48. The van der Waals surface area contributed by atoms with E-state index in [-0.39, 0.29) is 18.7 Å². The molecule has 1 heterocycles. The molecule has 1 aromatic heterocycles. The van der Waals surface area contributed by atoms with Crippen LogP contribution in [0.25, 0.3) is 0 Å². The van der Waals surface area contributed by atoms with Crippen LogP contribution in [0.4, 0.5) is 0 Å². The number of hydrogen-bond donors (Lipinski definition) is 1. The average Bonchev–Trinajstić information content (AvgIpc) is 2.75. The SMILES string of the molecule is CCN(Cc1ccco1)C(=O)CCC(=O)O. The van der Waals surface area contributed by atoms with Crippen LogP contribution in [0.2, 0.25) is 0 Å². The summed E-state index contributed by atoms with van der Waals surface area (Å²) in [6.45, 7) is 2.78. The van der Waals surface area contributed by atoms with Crippen molar-refractivity contribution in [3.05, 3.63) is 24.2 Å². The molecule has 1 aromatic rings. The molecule has 0 fully saturated rings. The number of amides is 1. The summed E-state index contributed by atoms with van der Waals surface area (Å²) in [6, 6.07) is 3.54. The fraction of sp³-hybridized carbons (Fsp3) is 0.455. The van der Waals surface area contributed by atoms with Gasteiger partial charge in [0, 0.05) is 13.0 Å². The Balaban J connectivity index is 2.47. The largest absolute Gasteiger partial charge is 0.481 e. The maximum Gasteiger partial charge on any atom is 0.303 e. The number of carbonyl (C=O) groups excluding carboxylic acids is 1. The Morgan fingerprint density at radius 1 is 1.44 bits per heavy atom. The van der Waals surface area contributed by atoms with E-state index in [4.69, 9.17) is 9.52 Å². The van der Waals surface area contributed by atoms with Crippen molar-refractivity contribution in [3.8, 4) is 0 Å². The maximum absolute atomic E-state index is 11.6. The predicted octanol–water partition coefficient (Wildman–Crippen LogP) is 1.49. The molecule has 0 radical (unpaired) electrons. The van der Waals surface area contributed by atoms with E-state index in [2.05, 4.69) is 0 Å². The first-order valence-corrected chi connectivity index (χ1v) is 5.15. The minimum Gasteiger partial charge on any atom is -0.481 e. The second-order valence-electron chi connectivity index (χ2n) is 3.38. The first kappa shape index (κ1) is 12.3. The molecule has 5 heteroatoms. The van der Waals surface area contributed by atoms with Crippen LogP contribution >= 0.6 is 0 Å². The second kappa shape index (κ2) is 5.95. The zero-order chi connectivity index (χ0) is 12.0. The molecule has 5 nitrogen and oxygen atoms in total. The van der Waals surface area contributed by atoms with Crippen molar-refractivity contribution in [2.75, 3.05) is 6.54 Å². The van der Waals surface area contributed by atoms with Gasteiger partial charge >= 0.3 is 5.97 Å². The van der Waals surface area contributed by atoms with Crippen molar-refractivity contribution in [1.29, 1.82) is 0 Å². The smallest absolute Gasteiger partial charge is 0.303 e. The summed E-state index contributed by atoms with van der Waals surface area (Å²) >= 11 is 0. The van der Waals surface area contributed by atoms with E-state index in [9.17, 15) is 9.59 Å². The number of furan rings is 1. The summed E-state index contributed by atoms with van der Waals surface area (Å²) in [5.41, 5.74) is 0. The Labute approximate surface area is 93.7 Å². The highest BCUT2D eigenvalue weighted by Gasteiger charge is 2.14. The van der Waals surface area contributed by atoms with E-state index in [1.807, 2.05) is 6.92 Å². The van der Waals surface area contributed by atoms with Crippen molar-refractivity contribution < 1.29 is 19.1 Å². The zero-order valence-electron chi connectivity index (χ0n) is 9.18. The lowest BCUT2D eigenvalue weighted by atomic mass is 10.2. The standard InChI is InChI=1S/C11H15NO4/c1-2-12(8-9-4-3-7-16-9)10(13)5-6-11(14)15/h3-4,7H,2,5-6,8H2,1H3,(H,14,15). The van der Waals surface area contributed by atoms with Gasteiger partial charge < -0.3 is 14.4 Å². The van der Waals surface area contributed by atoms with Crippen LogP contribution in [0, 0.1) is 0 Å². The van der Waals surface area contributed by atoms with Crippen LogP contribution in [0.5, 0.6) is 0 Å². The summed E-state index contributed by atoms with van der Waals surface area (Å²) in [6.07, 6.45) is 1.45. The summed E-state index contributed by atoms with van der Waals surface area (Å²) < 4.78 is 5.13. The lowest BCUT2D eigenvalue weighted by molar-refractivity contribution is -0.141. The van der Waals surface area contributed by atoms with E-state index in [0.29, 0.717) is 18.8 Å². The number of rotatable bonds is 6. The van der Waals surface area contributed by atoms with Crippen molar-refractivity contribution in [2.24, 2.45) is 0 Å². The summed E-state index contributed by atoms with van der Waals surface area (Å²) in [4.78, 5) is 23.5. The van der Waals surface area contributed by atoms with Gasteiger partial charge in [0.05, 0.1) is 19.2 Å². The molecule has 1 N–H and O–H groups in total. The van der Waals surface area contributed by atoms with Gasteiger partial charge in [0.15, 0.2) is 0 Å². The number of nitrogens with zero attached hydrogens (tertiary/aromatic N) is 1. The normalized spacial score (nSPS) is 10.1. The Kier molecular flexibility index (Phi) is 4.57. The molecule has 0 aliphatic rings. The van der Waals surface area contributed by atoms with Crippen LogP contribution in [-0.2, 0) is 16.1 Å². The molecule has 0 aliphatic carbocycles. The predicted molar refractivity (Wildman–Crippen MR) is 56.7 cm³/mol. The van der Waals surface area contributed by atoms with Gasteiger partial charge in [0.2, 0.25) is 5.91 Å². The van der Waals surface area contributed by atoms with E-state index in [0.717, 1.165) is 0 Å². The third kappa shape index (κ3) is 3.76. The number of carboxylic acid groups (broad SMARTS) is 1. The molecule has 0 saturated heterocycles. The number of hydrogen-bond acceptors (Lipinski definition) is 3. The van der Waals surface area contributed by atoms with E-state index in [1.165, 1.54) is 0 Å². The molecule has 0 saturated carbocycles. The van der Waals surface area contributed by atoms with Crippen molar-refractivity contribution in [1.82, 2.24) is 4.90 Å². The molecule has 0 aromatic carbocycles. The number of aliphatic carboxylic acids is 1. The monoisotopic (exact) mass is 225 g/mol. The molecule has 0 aliphatic heterocycles. The van der Waals surface area contributed by atoms with Crippen LogP contribution in [0.1, 0.15) is 25.5 Å². The molecular weight excluding hydrogens is 210 g/mol. The van der Waals surface area contributed by atoms with Crippen LogP contribution in [0.3, 0.4) is 0 Å². The molecule has 1 rings (SSSR count). The first-order chi connectivity index (χ1) is 7.63. The highest BCUT2D eigenvalue weighted by molar-refractivity contribution is 5.80. The van der Waals surface area contributed by atoms with Gasteiger partial charge in [-0.2, -0.15) is 0 Å². The van der Waals surface area contributed by atoms with Crippen LogP contribution in [-0.4, -0.2) is 28.4 Å². The third-order valence-corrected chi connectivity index (χ3v) is 2.21. The molecule has 1 amide bonds. The molecule has 0 bridgehead atoms. The summed E-state index contributed by atoms with van der Waals surface area (Å²) in [7, 11) is 0. The number of carboxylic acids is 1. The van der Waals surface area contributed by atoms with Crippen molar-refractivity contribution in [3.63, 3.8) is 0 Å². The van der Waals surface area contributed by atoms with Gasteiger partial charge in [-0.15, -0.1) is 0 Å². The Morgan fingerprint density at radius 2 is 2.19 bits per heavy atom. The third-order valence-electron chi connectivity index (χ3n) is 2.21. The van der Waals surface area contributed by atoms with E-state index in [1.54, 1.807) is 23.3 Å². The van der Waals surface area contributed by atoms with Gasteiger partial charge in [-0.1, -0.05) is 0 Å². The van der Waals surface area contributed by atoms with Gasteiger partial charge in [-0.3, -0.25) is 9.59 Å². The second-order valence-corrected chi connectivity index (χ2v) is 3.38. The molecule has 88 valence electrons.